The van der Waals surface area contributed by atoms with Crippen molar-refractivity contribution in [2.45, 2.75) is 244 Å². The maximum Gasteiger partial charge on any atom is 0.330 e. The zero-order valence-corrected chi connectivity index (χ0v) is 90.3. The molecule has 0 bridgehead atoms. The van der Waals surface area contributed by atoms with E-state index < -0.39 is 145 Å². The monoisotopic (exact) mass is 2060 g/mol. The quantitative estimate of drug-likeness (QED) is 0.00485. The average Bonchev–Trinajstić information content (AvgIpc) is 1.44. The number of thiol groups is 1. The molecule has 38 heteroatoms. The smallest absolute Gasteiger partial charge is 0.330 e. The Morgan fingerprint density at radius 3 is 0.993 bits per heavy atom. The molecule has 4 saturated heterocycles. The molecule has 10 aromatic rings. The Morgan fingerprint density at radius 1 is 0.482 bits per heavy atom. The molecular weight excluding hydrogens is 1920 g/mol. The number of aliphatic hydroxyl groups excluding tert-OH is 3. The van der Waals surface area contributed by atoms with Crippen molar-refractivity contribution in [1.29, 1.82) is 2.40 Å². The zero-order valence-electron chi connectivity index (χ0n) is 85.1. The summed E-state index contributed by atoms with van der Waals surface area (Å²) < 4.78 is 87.8. The summed E-state index contributed by atoms with van der Waals surface area (Å²) >= 11 is 0.943. The number of aliphatic hydroxyl groups is 3. The van der Waals surface area contributed by atoms with Crippen molar-refractivity contribution < 1.29 is 66.5 Å². The van der Waals surface area contributed by atoms with E-state index in [2.05, 4.69) is 215 Å². The van der Waals surface area contributed by atoms with Crippen molar-refractivity contribution in [2.75, 3.05) is 59.2 Å². The molecule has 14 rings (SSSR count). The number of aromatic nitrogens is 8. The predicted octanol–water partition coefficient (Wildman–Crippen LogP) is 11.8. The van der Waals surface area contributed by atoms with Gasteiger partial charge in [0.05, 0.1) is 65.0 Å². The van der Waals surface area contributed by atoms with E-state index in [1.807, 2.05) is 108 Å². The van der Waals surface area contributed by atoms with Crippen LogP contribution in [0.4, 0.5) is 0 Å². The van der Waals surface area contributed by atoms with Crippen LogP contribution >= 0.6 is 48.8 Å². The molecule has 756 valence electrons. The Morgan fingerprint density at radius 2 is 0.755 bits per heavy atom. The molecule has 4 aliphatic rings. The largest absolute Gasteiger partial charge is 0.502 e. The molecule has 15 atom stereocenters. The van der Waals surface area contributed by atoms with Gasteiger partial charge in [0.1, 0.15) is 55.9 Å². The number of nitrogens with one attached hydrogen (secondary N) is 4. The van der Waals surface area contributed by atoms with E-state index in [9.17, 15) is 48.6 Å². The van der Waals surface area contributed by atoms with Crippen LogP contribution < -0.4 is 76.1 Å². The van der Waals surface area contributed by atoms with Crippen molar-refractivity contribution in [1.82, 2.24) is 38.2 Å². The van der Waals surface area contributed by atoms with Crippen LogP contribution in [0.25, 0.3) is 0 Å². The minimum absolute atomic E-state index is 0.0725. The number of aromatic amines is 4. The first-order chi connectivity index (χ1) is 66.9. The van der Waals surface area contributed by atoms with E-state index in [0.717, 1.165) is 29.1 Å². The molecule has 4 aliphatic heterocycles. The van der Waals surface area contributed by atoms with E-state index in [0.29, 0.717) is 48.3 Å². The summed E-state index contributed by atoms with van der Waals surface area (Å²) in [4.78, 5) is 105. The fraction of sp³-hybridized carbons (Fsp3) is 0.465. The highest BCUT2D eigenvalue weighted by molar-refractivity contribution is 8.76. The molecule has 0 saturated carbocycles. The van der Waals surface area contributed by atoms with E-state index in [4.69, 9.17) is 53.9 Å². The maximum absolute atomic E-state index is 12.7. The molecule has 139 heavy (non-hydrogen) atoms. The van der Waals surface area contributed by atoms with Gasteiger partial charge in [-0.05, 0) is 129 Å². The Bertz CT molecular complexity index is 5760. The van der Waals surface area contributed by atoms with Gasteiger partial charge >= 0.3 is 22.8 Å². The third-order valence-corrected chi connectivity index (χ3v) is 45.5. The van der Waals surface area contributed by atoms with Gasteiger partial charge in [-0.1, -0.05) is 280 Å². The van der Waals surface area contributed by atoms with Gasteiger partial charge in [0.15, 0.2) is 6.29 Å². The van der Waals surface area contributed by atoms with Gasteiger partial charge in [-0.2, -0.15) is 0 Å². The van der Waals surface area contributed by atoms with Crippen LogP contribution in [0.15, 0.2) is 258 Å². The van der Waals surface area contributed by atoms with E-state index in [1.165, 1.54) is 57.7 Å². The molecule has 4 aromatic heterocycles. The molecule has 7 N–H and O–H groups in total. The lowest BCUT2D eigenvalue weighted by atomic mass is 10.2. The Kier molecular flexibility index (Phi) is 42.1. The molecule has 6 unspecified atom stereocenters. The van der Waals surface area contributed by atoms with Gasteiger partial charge in [0.25, 0.3) is 47.2 Å². The Balaban J connectivity index is 0.000000207. The van der Waals surface area contributed by atoms with Crippen LogP contribution in [0, 0.1) is 27.7 Å². The summed E-state index contributed by atoms with van der Waals surface area (Å²) in [6, 6.07) is 62.4. The number of aryl methyl sites for hydroxylation is 4. The fourth-order valence-corrected chi connectivity index (χ4v) is 32.7. The molecule has 6 aromatic carbocycles. The molecule has 8 heterocycles. The van der Waals surface area contributed by atoms with Crippen LogP contribution in [-0.4, -0.2) is 201 Å². The van der Waals surface area contributed by atoms with Crippen LogP contribution in [-0.2, 0) is 51.2 Å². The second-order valence-electron chi connectivity index (χ2n) is 37.4. The van der Waals surface area contributed by atoms with Crippen LogP contribution in [0.3, 0.4) is 0 Å². The summed E-state index contributed by atoms with van der Waals surface area (Å²) in [5.74, 6) is 0. The third-order valence-electron chi connectivity index (χ3n) is 24.2. The first-order valence-electron chi connectivity index (χ1n) is 47.3. The molecule has 0 radical (unpaired) electrons. The molecular formula is C101H140N8O22P2S3Si3. The third kappa shape index (κ3) is 29.3. The second kappa shape index (κ2) is 52.8. The topological polar surface area (TPSA) is 382 Å². The first-order valence-corrected chi connectivity index (χ1v) is 59.6. The number of ether oxygens (including phenoxy) is 8. The van der Waals surface area contributed by atoms with Crippen molar-refractivity contribution in [3.05, 3.63) is 325 Å². The number of hydrogen-bond acceptors (Lipinski definition) is 25. The highest BCUT2D eigenvalue weighted by atomic mass is 33.1. The van der Waals surface area contributed by atoms with Crippen molar-refractivity contribution >= 4 is 105 Å². The van der Waals surface area contributed by atoms with Gasteiger partial charge in [0, 0.05) is 79.3 Å². The highest BCUT2D eigenvalue weighted by Gasteiger charge is 2.55. The van der Waals surface area contributed by atoms with Gasteiger partial charge in [0.2, 0.25) is 0 Å². The van der Waals surface area contributed by atoms with Crippen LogP contribution in [0.5, 0.6) is 0 Å². The summed E-state index contributed by atoms with van der Waals surface area (Å²) in [6.07, 6.45) is 3.32. The van der Waals surface area contributed by atoms with Crippen LogP contribution in [0.2, 0.25) is 15.1 Å². The van der Waals surface area contributed by atoms with Crippen molar-refractivity contribution in [3.8, 4) is 0 Å². The molecule has 0 amide bonds. The molecule has 4 fully saturated rings. The number of nitrogens with zero attached hydrogens (tertiary/aromatic N) is 4. The van der Waals surface area contributed by atoms with E-state index in [1.54, 1.807) is 61.7 Å². The van der Waals surface area contributed by atoms with Gasteiger partial charge in [-0.3, -0.25) is 57.4 Å². The molecule has 0 spiro atoms. The predicted molar refractivity (Wildman–Crippen MR) is 567 cm³/mol. The lowest BCUT2D eigenvalue weighted by Gasteiger charge is -2.43. The summed E-state index contributed by atoms with van der Waals surface area (Å²) in [5.41, 5.74) is -2.20. The second-order valence-corrected chi connectivity index (χ2v) is 59.3. The summed E-state index contributed by atoms with van der Waals surface area (Å²) in [5, 5.41) is 35.7. The lowest BCUT2D eigenvalue weighted by molar-refractivity contribution is -0.172. The molecule has 30 nitrogen and oxygen atoms in total. The zero-order chi connectivity index (χ0) is 103. The van der Waals surface area contributed by atoms with Crippen LogP contribution in [0.1, 0.15) is 163 Å². The number of hydrogen-bond donors (Lipinski definition) is 8. The Hall–Kier alpha value is -8.38. The van der Waals surface area contributed by atoms with Crippen molar-refractivity contribution in [3.63, 3.8) is 0 Å². The van der Waals surface area contributed by atoms with Gasteiger partial charge in [-0.15, -0.1) is 12.2 Å². The van der Waals surface area contributed by atoms with Crippen molar-refractivity contribution in [2.24, 2.45) is 0 Å². The standard InChI is InChI=1S/C30H40N2O6Si.C29H38N2O5S2Si.C26H32N2O5Si.C10H14N2O5.C4H8O.C2H8P2S/c1-7-35-22(3)37-25-18-27(32-19-21(2)28(33)31-29(32)34)38-26(25)20-36-39(30(4,5)6,23-14-10-8-11-15-23)24-16-12-9-13-17-24;1-20-18-31(28(33)30-27(20)32)26-17-24(35-21(2)38-37-6)25(36-26)19-34-39(29(3,4)5,22-13-9-7-10-14-22)23-15-11-8-12-16-23;1-18-16-28(25(31)27-24(18)30)23-15-21(29)22(33-23)17-32-34(26(2,3)4,19-11-7-5-8-12-19)20-13-9-6-10-14-20;1-5-3-12(10(16)11-9(5)15)8-2-6(14)7(4-13)17-8;1-3-5-4-2;1-4(2)3-5/h8-17,19,22,25-27H,7,18,20H2,1-6H3,(H,31,33,34);7-16,18,21,24-26H,17,19H2,1-6H3,(H,30,32,33);5-14,16,21-23,29H,15,17H2,1-4H3,(H,27,30,31);3,6-8,13-14H,2,4H2,1H3,(H,11,15,16);3H,1,4H2,2H3;3,5H,1-2H3/t22?,25?,26-,27-;21-,24?,25+,26+;21?,22-,23-;6?,7-,8-;;/m1011../s1/i;;;;;3T,5D. The van der Waals surface area contributed by atoms with Gasteiger partial charge < -0.3 is 66.5 Å². The van der Waals surface area contributed by atoms with E-state index >= 15 is 0 Å². The maximum atomic E-state index is 12.7. The normalized spacial score (nSPS) is 21.3. The highest BCUT2D eigenvalue weighted by Crippen LogP contribution is 2.51. The average molecular weight is 2060 g/mol. The molecule has 0 aliphatic carbocycles. The number of H-pyrrole nitrogens is 4. The minimum Gasteiger partial charge on any atom is -0.502 e. The minimum atomic E-state index is -2.81. The summed E-state index contributed by atoms with van der Waals surface area (Å²) in [6.45, 7) is 43.3. The SMILES string of the molecule is C=COCC.CCOC(C)OC1C[C@H](n2cc(C)c(=O)[nH]c2=O)O[C@@H]1CO[Si](c1ccccc1)(c1ccccc1)C(C)(C)C.CSS[C@@H](C)OC1C[C@H](n2cc(C)c(=O)[nH]c2=O)O[C@@H]1CO[Si](c1ccccc1)(c1ccccc1)C(C)(C)C.Cc1cn([C@H]2CC(O)[C@@H](CO)O2)c(=O)[nH]c1=O.Cc1cn([C@H]2CC(O)[C@@H](CO[Si](c3ccccc3)(c3ccccc3)C(C)(C)C)O2)c(=O)[nH]c1=O.[2H]SP([3H])P(C)C. The number of benzene rings is 6. The number of rotatable bonds is 32. The Labute approximate surface area is 834 Å². The van der Waals surface area contributed by atoms with E-state index in [-0.39, 0.29) is 73.0 Å². The fourth-order valence-electron chi connectivity index (χ4n) is 17.6. The first kappa shape index (κ1) is 111. The summed E-state index contributed by atoms with van der Waals surface area (Å²) in [7, 11) is -6.00. The van der Waals surface area contributed by atoms with Gasteiger partial charge in [-0.25, -0.2) is 19.2 Å². The lowest BCUT2D eigenvalue weighted by Crippen LogP contribution is -2.67.